The van der Waals surface area contributed by atoms with Crippen LogP contribution in [-0.4, -0.2) is 47.8 Å². The van der Waals surface area contributed by atoms with Crippen molar-refractivity contribution >= 4 is 21.9 Å². The average molecular weight is 290 g/mol. The number of carbonyl (C=O) groups is 2. The first-order valence-electron chi connectivity index (χ1n) is 5.07. The van der Waals surface area contributed by atoms with E-state index in [0.29, 0.717) is 0 Å². The molecule has 0 unspecified atom stereocenters. The fourth-order valence-electron chi connectivity index (χ4n) is 1.39. The third-order valence-electron chi connectivity index (χ3n) is 2.25. The number of nitrogens with one attached hydrogen (secondary N) is 2. The van der Waals surface area contributed by atoms with Crippen LogP contribution in [0.2, 0.25) is 0 Å². The third kappa shape index (κ3) is 3.07. The van der Waals surface area contributed by atoms with Gasteiger partial charge in [-0.05, 0) is 0 Å². The maximum absolute atomic E-state index is 11.9. The van der Waals surface area contributed by atoms with Crippen LogP contribution in [0.5, 0.6) is 0 Å². The Morgan fingerprint density at radius 3 is 3.00 bits per heavy atom. The van der Waals surface area contributed by atoms with Gasteiger partial charge in [-0.25, -0.2) is 13.9 Å². The smallest absolute Gasteiger partial charge is 0.325 e. The van der Waals surface area contributed by atoms with Crippen LogP contribution in [0.15, 0.2) is 17.3 Å². The molecule has 1 aromatic rings. The van der Waals surface area contributed by atoms with E-state index in [-0.39, 0.29) is 11.5 Å². The Morgan fingerprint density at radius 1 is 1.68 bits per heavy atom. The molecule has 2 heterocycles. The molecule has 0 bridgehead atoms. The van der Waals surface area contributed by atoms with Gasteiger partial charge >= 0.3 is 5.97 Å². The largest absolute Gasteiger partial charge is 0.480 e. The van der Waals surface area contributed by atoms with Crippen LogP contribution >= 0.6 is 0 Å². The van der Waals surface area contributed by atoms with Gasteiger partial charge in [0.15, 0.2) is 0 Å². The minimum atomic E-state index is -3.96. The lowest BCUT2D eigenvalue weighted by molar-refractivity contribution is -0.137. The van der Waals surface area contributed by atoms with E-state index in [1.54, 1.807) is 0 Å². The Balaban J connectivity index is 2.13. The fourth-order valence-corrected chi connectivity index (χ4v) is 2.53. The zero-order chi connectivity index (χ0) is 14.0. The first kappa shape index (κ1) is 13.5. The molecule has 0 saturated carbocycles. The Labute approximate surface area is 107 Å². The molecule has 1 amide bonds. The number of carbonyl (C=O) groups excluding carboxylic acids is 1. The van der Waals surface area contributed by atoms with Gasteiger partial charge in [-0.2, -0.15) is 9.82 Å². The lowest BCUT2D eigenvalue weighted by Crippen LogP contribution is -2.41. The average Bonchev–Trinajstić information content (AvgIpc) is 2.88. The minimum Gasteiger partial charge on any atom is -0.480 e. The van der Waals surface area contributed by atoms with E-state index < -0.39 is 34.5 Å². The van der Waals surface area contributed by atoms with Gasteiger partial charge in [0.2, 0.25) is 10.0 Å². The number of aromatic nitrogens is 2. The lowest BCUT2D eigenvalue weighted by atomic mass is 10.3. The standard InChI is InChI=1S/C8H10N4O6S/c13-7(14)3-12-2-5(1-9-12)19(16,17)11-6-4-18-10-8(6)15/h1-2,6,11H,3-4H2,(H,10,15)(H,13,14)/t6-/m1/s1. The van der Waals surface area contributed by atoms with E-state index in [2.05, 4.69) is 14.7 Å². The number of nitrogens with zero attached hydrogens (tertiary/aromatic N) is 2. The first-order valence-corrected chi connectivity index (χ1v) is 6.55. The maximum atomic E-state index is 11.9. The van der Waals surface area contributed by atoms with Gasteiger partial charge in [-0.3, -0.25) is 19.1 Å². The molecule has 1 aliphatic rings. The molecule has 0 aromatic carbocycles. The molecule has 10 nitrogen and oxygen atoms in total. The van der Waals surface area contributed by atoms with E-state index in [4.69, 9.17) is 5.11 Å². The molecule has 104 valence electrons. The predicted octanol–water partition coefficient (Wildman–Crippen LogP) is -2.32. The molecule has 3 N–H and O–H groups in total. The first-order chi connectivity index (χ1) is 8.88. The van der Waals surface area contributed by atoms with Gasteiger partial charge < -0.3 is 5.11 Å². The van der Waals surface area contributed by atoms with Gasteiger partial charge in [0.05, 0.1) is 6.20 Å². The van der Waals surface area contributed by atoms with Crippen LogP contribution in [0, 0.1) is 0 Å². The zero-order valence-electron chi connectivity index (χ0n) is 9.44. The van der Waals surface area contributed by atoms with E-state index in [9.17, 15) is 18.0 Å². The molecule has 1 fully saturated rings. The van der Waals surface area contributed by atoms with Crippen molar-refractivity contribution in [3.63, 3.8) is 0 Å². The Hall–Kier alpha value is -1.98. The molecular formula is C8H10N4O6S. The molecule has 0 aliphatic carbocycles. The van der Waals surface area contributed by atoms with Gasteiger partial charge in [0.1, 0.15) is 24.1 Å². The van der Waals surface area contributed by atoms with Gasteiger partial charge in [0.25, 0.3) is 5.91 Å². The molecule has 1 aliphatic heterocycles. The molecule has 2 rings (SSSR count). The summed E-state index contributed by atoms with van der Waals surface area (Å²) in [5.74, 6) is -1.75. The number of hydroxylamine groups is 1. The van der Waals surface area contributed by atoms with Crippen molar-refractivity contribution in [3.8, 4) is 0 Å². The minimum absolute atomic E-state index is 0.124. The highest BCUT2D eigenvalue weighted by Crippen LogP contribution is 2.09. The second-order valence-corrected chi connectivity index (χ2v) is 5.43. The zero-order valence-corrected chi connectivity index (χ0v) is 10.3. The predicted molar refractivity (Wildman–Crippen MR) is 58.1 cm³/mol. The number of carboxylic acid groups (broad SMARTS) is 1. The molecule has 1 saturated heterocycles. The van der Waals surface area contributed by atoms with Crippen molar-refractivity contribution in [1.29, 1.82) is 0 Å². The van der Waals surface area contributed by atoms with Crippen molar-refractivity contribution in [2.24, 2.45) is 0 Å². The molecular weight excluding hydrogens is 280 g/mol. The van der Waals surface area contributed by atoms with Crippen molar-refractivity contribution in [2.75, 3.05) is 6.61 Å². The molecule has 1 aromatic heterocycles. The Morgan fingerprint density at radius 2 is 2.42 bits per heavy atom. The summed E-state index contributed by atoms with van der Waals surface area (Å²) in [5.41, 5.74) is 2.01. The number of amides is 1. The number of carboxylic acids is 1. The summed E-state index contributed by atoms with van der Waals surface area (Å²) in [5, 5.41) is 12.1. The van der Waals surface area contributed by atoms with E-state index in [1.165, 1.54) is 0 Å². The lowest BCUT2D eigenvalue weighted by Gasteiger charge is -2.07. The third-order valence-corrected chi connectivity index (χ3v) is 3.68. The van der Waals surface area contributed by atoms with Crippen molar-refractivity contribution in [2.45, 2.75) is 17.5 Å². The molecule has 11 heteroatoms. The van der Waals surface area contributed by atoms with Crippen LogP contribution in [0.1, 0.15) is 0 Å². The number of sulfonamides is 1. The summed E-state index contributed by atoms with van der Waals surface area (Å²) in [6, 6.07) is -1.02. The maximum Gasteiger partial charge on any atom is 0.325 e. The Bertz CT molecular complexity index is 609. The number of hydrogen-bond acceptors (Lipinski definition) is 6. The fraction of sp³-hybridized carbons (Fsp3) is 0.375. The summed E-state index contributed by atoms with van der Waals surface area (Å²) in [4.78, 5) is 26.0. The summed E-state index contributed by atoms with van der Waals surface area (Å²) in [6.07, 6.45) is 2.06. The van der Waals surface area contributed by atoms with E-state index in [1.807, 2.05) is 5.48 Å². The van der Waals surface area contributed by atoms with Crippen molar-refractivity contribution in [1.82, 2.24) is 20.0 Å². The molecule has 0 spiro atoms. The summed E-state index contributed by atoms with van der Waals surface area (Å²) in [6.45, 7) is -0.579. The van der Waals surface area contributed by atoms with Crippen LogP contribution < -0.4 is 10.2 Å². The number of rotatable bonds is 5. The number of aliphatic carboxylic acids is 1. The van der Waals surface area contributed by atoms with Gasteiger partial charge in [0, 0.05) is 6.20 Å². The van der Waals surface area contributed by atoms with Crippen LogP contribution in [0.4, 0.5) is 0 Å². The van der Waals surface area contributed by atoms with Crippen LogP contribution in [0.25, 0.3) is 0 Å². The van der Waals surface area contributed by atoms with E-state index in [0.717, 1.165) is 17.1 Å². The highest BCUT2D eigenvalue weighted by Gasteiger charge is 2.31. The van der Waals surface area contributed by atoms with Crippen molar-refractivity contribution in [3.05, 3.63) is 12.4 Å². The summed E-state index contributed by atoms with van der Waals surface area (Å²) < 4.78 is 26.9. The molecule has 1 atom stereocenters. The topological polar surface area (TPSA) is 140 Å². The van der Waals surface area contributed by atoms with E-state index >= 15 is 0 Å². The van der Waals surface area contributed by atoms with Crippen molar-refractivity contribution < 1.29 is 28.0 Å². The summed E-state index contributed by atoms with van der Waals surface area (Å²) in [7, 11) is -3.96. The Kier molecular flexibility index (Phi) is 3.50. The monoisotopic (exact) mass is 290 g/mol. The van der Waals surface area contributed by atoms with Gasteiger partial charge in [-0.15, -0.1) is 0 Å². The highest BCUT2D eigenvalue weighted by molar-refractivity contribution is 7.89. The van der Waals surface area contributed by atoms with Crippen LogP contribution in [-0.2, 0) is 31.0 Å². The quantitative estimate of drug-likeness (QED) is 0.552. The molecule has 0 radical (unpaired) electrons. The second-order valence-electron chi connectivity index (χ2n) is 3.72. The highest BCUT2D eigenvalue weighted by atomic mass is 32.2. The second kappa shape index (κ2) is 4.95. The summed E-state index contributed by atoms with van der Waals surface area (Å²) >= 11 is 0. The SMILES string of the molecule is O=C(O)Cn1cc(S(=O)(=O)N[C@@H]2CONC2=O)cn1. The van der Waals surface area contributed by atoms with Gasteiger partial charge in [-0.1, -0.05) is 0 Å². The number of hydrogen-bond donors (Lipinski definition) is 3. The van der Waals surface area contributed by atoms with Crippen LogP contribution in [0.3, 0.4) is 0 Å². The normalized spacial score (nSPS) is 19.4. The molecule has 19 heavy (non-hydrogen) atoms.